The molecule has 148 valence electrons. The van der Waals surface area contributed by atoms with E-state index in [4.69, 9.17) is 9.47 Å². The van der Waals surface area contributed by atoms with Crippen LogP contribution in [0.25, 0.3) is 0 Å². The lowest BCUT2D eigenvalue weighted by Gasteiger charge is -2.35. The molecule has 2 fully saturated rings. The van der Waals surface area contributed by atoms with Gasteiger partial charge in [-0.2, -0.15) is 0 Å². The summed E-state index contributed by atoms with van der Waals surface area (Å²) in [6, 6.07) is 7.99. The molecule has 0 unspecified atom stereocenters. The summed E-state index contributed by atoms with van der Waals surface area (Å²) in [6.45, 7) is 7.68. The van der Waals surface area contributed by atoms with Crippen molar-refractivity contribution in [2.75, 3.05) is 44.3 Å². The molecule has 0 aliphatic carbocycles. The lowest BCUT2D eigenvalue weighted by atomic mass is 10.0. The van der Waals surface area contributed by atoms with Crippen LogP contribution in [0.4, 0.5) is 5.69 Å². The van der Waals surface area contributed by atoms with E-state index in [1.54, 1.807) is 4.90 Å². The number of hydrogen-bond donors (Lipinski definition) is 1. The summed E-state index contributed by atoms with van der Waals surface area (Å²) in [7, 11) is 0. The molecule has 0 bridgehead atoms. The van der Waals surface area contributed by atoms with Gasteiger partial charge in [0.15, 0.2) is 5.60 Å². The molecule has 1 aromatic rings. The summed E-state index contributed by atoms with van der Waals surface area (Å²) in [5.41, 5.74) is 0.0963. The minimum absolute atomic E-state index is 0.0237. The molecule has 2 amide bonds. The fourth-order valence-electron chi connectivity index (χ4n) is 3.67. The van der Waals surface area contributed by atoms with Gasteiger partial charge in [0.05, 0.1) is 13.2 Å². The third kappa shape index (κ3) is 4.91. The Morgan fingerprint density at radius 3 is 2.81 bits per heavy atom. The summed E-state index contributed by atoms with van der Waals surface area (Å²) >= 11 is 0. The van der Waals surface area contributed by atoms with Gasteiger partial charge in [0.25, 0.3) is 5.91 Å². The molecular weight excluding hydrogens is 346 g/mol. The number of ether oxygens (including phenoxy) is 2. The van der Waals surface area contributed by atoms with Crippen LogP contribution in [-0.4, -0.2) is 68.3 Å². The minimum Gasteiger partial charge on any atom is -0.478 e. The van der Waals surface area contributed by atoms with Crippen molar-refractivity contribution in [3.05, 3.63) is 24.3 Å². The van der Waals surface area contributed by atoms with E-state index in [0.717, 1.165) is 38.0 Å². The molecule has 3 rings (SSSR count). The Morgan fingerprint density at radius 2 is 2.07 bits per heavy atom. The molecule has 0 radical (unpaired) electrons. The van der Waals surface area contributed by atoms with Crippen molar-refractivity contribution in [2.24, 2.45) is 0 Å². The molecule has 27 heavy (non-hydrogen) atoms. The first-order valence-electron chi connectivity index (χ1n) is 9.60. The SMILES string of the molecule is CC(C)(Oc1cccc(N2CCC[C@H](NC=O)C2)c1)C(=O)N1CCOCC1. The van der Waals surface area contributed by atoms with Crippen molar-refractivity contribution in [1.82, 2.24) is 10.2 Å². The molecule has 0 spiro atoms. The third-order valence-corrected chi connectivity index (χ3v) is 5.09. The van der Waals surface area contributed by atoms with Crippen LogP contribution in [0, 0.1) is 0 Å². The summed E-state index contributed by atoms with van der Waals surface area (Å²) in [5.74, 6) is 0.647. The van der Waals surface area contributed by atoms with E-state index in [0.29, 0.717) is 32.1 Å². The number of carbonyl (C=O) groups is 2. The van der Waals surface area contributed by atoms with Crippen LogP contribution in [0.5, 0.6) is 5.75 Å². The van der Waals surface area contributed by atoms with Crippen molar-refractivity contribution < 1.29 is 19.1 Å². The predicted molar refractivity (Wildman–Crippen MR) is 103 cm³/mol. The van der Waals surface area contributed by atoms with Crippen LogP contribution >= 0.6 is 0 Å². The fraction of sp³-hybridized carbons (Fsp3) is 0.600. The van der Waals surface area contributed by atoms with E-state index in [2.05, 4.69) is 10.2 Å². The number of anilines is 1. The standard InChI is InChI=1S/C20H29N3O4/c1-20(2,19(25)22-9-11-26-12-10-22)27-18-7-3-6-17(13-18)23-8-4-5-16(14-23)21-15-24/h3,6-7,13,15-16H,4-5,8-12,14H2,1-2H3,(H,21,24)/t16-/m0/s1. The zero-order valence-electron chi connectivity index (χ0n) is 16.1. The predicted octanol–water partition coefficient (Wildman–Crippen LogP) is 1.42. The van der Waals surface area contributed by atoms with Gasteiger partial charge in [-0.3, -0.25) is 9.59 Å². The minimum atomic E-state index is -0.945. The van der Waals surface area contributed by atoms with Gasteiger partial charge in [-0.05, 0) is 38.8 Å². The maximum atomic E-state index is 12.8. The summed E-state index contributed by atoms with van der Waals surface area (Å²) < 4.78 is 11.4. The fourth-order valence-corrected chi connectivity index (χ4v) is 3.67. The van der Waals surface area contributed by atoms with Gasteiger partial charge >= 0.3 is 0 Å². The molecule has 2 heterocycles. The Labute approximate surface area is 160 Å². The van der Waals surface area contributed by atoms with Crippen LogP contribution in [0.3, 0.4) is 0 Å². The number of nitrogens with zero attached hydrogens (tertiary/aromatic N) is 2. The zero-order chi connectivity index (χ0) is 19.3. The highest BCUT2D eigenvalue weighted by atomic mass is 16.5. The number of hydrogen-bond acceptors (Lipinski definition) is 5. The van der Waals surface area contributed by atoms with E-state index >= 15 is 0 Å². The molecule has 2 aliphatic heterocycles. The number of morpholine rings is 1. The number of benzene rings is 1. The van der Waals surface area contributed by atoms with E-state index < -0.39 is 5.60 Å². The van der Waals surface area contributed by atoms with Gasteiger partial charge in [0.2, 0.25) is 6.41 Å². The highest BCUT2D eigenvalue weighted by Gasteiger charge is 2.35. The average molecular weight is 375 g/mol. The van der Waals surface area contributed by atoms with Crippen LogP contribution < -0.4 is 15.0 Å². The normalized spacial score (nSPS) is 20.9. The lowest BCUT2D eigenvalue weighted by Crippen LogP contribution is -2.52. The van der Waals surface area contributed by atoms with Gasteiger partial charge in [-0.15, -0.1) is 0 Å². The third-order valence-electron chi connectivity index (χ3n) is 5.09. The van der Waals surface area contributed by atoms with Crippen LogP contribution in [0.2, 0.25) is 0 Å². The first-order valence-corrected chi connectivity index (χ1v) is 9.60. The average Bonchev–Trinajstić information content (AvgIpc) is 2.68. The Hall–Kier alpha value is -2.28. The van der Waals surface area contributed by atoms with E-state index in [1.807, 2.05) is 38.1 Å². The molecule has 1 N–H and O–H groups in total. The number of nitrogens with one attached hydrogen (secondary N) is 1. The Bertz CT molecular complexity index is 658. The van der Waals surface area contributed by atoms with Gasteiger partial charge in [-0.1, -0.05) is 6.07 Å². The van der Waals surface area contributed by atoms with Crippen molar-refractivity contribution in [1.29, 1.82) is 0 Å². The van der Waals surface area contributed by atoms with E-state index in [1.165, 1.54) is 0 Å². The van der Waals surface area contributed by atoms with Crippen LogP contribution in [0.15, 0.2) is 24.3 Å². The largest absolute Gasteiger partial charge is 0.478 e. The van der Waals surface area contributed by atoms with Crippen LogP contribution in [0.1, 0.15) is 26.7 Å². The van der Waals surface area contributed by atoms with Crippen LogP contribution in [-0.2, 0) is 14.3 Å². The summed E-state index contributed by atoms with van der Waals surface area (Å²) in [4.78, 5) is 27.6. The first-order chi connectivity index (χ1) is 13.0. The van der Waals surface area contributed by atoms with Crippen molar-refractivity contribution in [3.8, 4) is 5.75 Å². The number of carbonyl (C=O) groups excluding carboxylic acids is 2. The number of amides is 2. The topological polar surface area (TPSA) is 71.1 Å². The van der Waals surface area contributed by atoms with Crippen molar-refractivity contribution in [2.45, 2.75) is 38.3 Å². The number of piperidine rings is 1. The second kappa shape index (κ2) is 8.61. The maximum Gasteiger partial charge on any atom is 0.266 e. The molecule has 7 nitrogen and oxygen atoms in total. The molecule has 0 saturated carbocycles. The molecule has 2 saturated heterocycles. The smallest absolute Gasteiger partial charge is 0.266 e. The zero-order valence-corrected chi connectivity index (χ0v) is 16.1. The molecule has 7 heteroatoms. The van der Waals surface area contributed by atoms with Gasteiger partial charge in [-0.25, -0.2) is 0 Å². The molecule has 1 atom stereocenters. The second-order valence-electron chi connectivity index (χ2n) is 7.58. The number of rotatable bonds is 6. The monoisotopic (exact) mass is 375 g/mol. The molecule has 1 aromatic carbocycles. The van der Waals surface area contributed by atoms with Crippen molar-refractivity contribution in [3.63, 3.8) is 0 Å². The van der Waals surface area contributed by atoms with Gasteiger partial charge in [0.1, 0.15) is 5.75 Å². The highest BCUT2D eigenvalue weighted by molar-refractivity contribution is 5.85. The van der Waals surface area contributed by atoms with Gasteiger partial charge in [0, 0.05) is 44.0 Å². The Kier molecular flexibility index (Phi) is 6.21. The lowest BCUT2D eigenvalue weighted by molar-refractivity contribution is -0.149. The Morgan fingerprint density at radius 1 is 1.30 bits per heavy atom. The van der Waals surface area contributed by atoms with E-state index in [-0.39, 0.29) is 11.9 Å². The molecule has 0 aromatic heterocycles. The first kappa shape index (κ1) is 19.5. The van der Waals surface area contributed by atoms with E-state index in [9.17, 15) is 9.59 Å². The molecule has 2 aliphatic rings. The highest BCUT2D eigenvalue weighted by Crippen LogP contribution is 2.27. The molecular formula is C20H29N3O4. The quantitative estimate of drug-likeness (QED) is 0.762. The van der Waals surface area contributed by atoms with Crippen molar-refractivity contribution >= 4 is 18.0 Å². The Balaban J connectivity index is 1.67. The summed E-state index contributed by atoms with van der Waals surface area (Å²) in [6.07, 6.45) is 2.79. The maximum absolute atomic E-state index is 12.8. The van der Waals surface area contributed by atoms with Gasteiger partial charge < -0.3 is 24.6 Å². The second-order valence-corrected chi connectivity index (χ2v) is 7.58. The summed E-state index contributed by atoms with van der Waals surface area (Å²) in [5, 5.41) is 2.87.